The Morgan fingerprint density at radius 2 is 2.05 bits per heavy atom. The molecule has 118 valence electrons. The first-order valence-electron chi connectivity index (χ1n) is 7.64. The van der Waals surface area contributed by atoms with Gasteiger partial charge in [0.05, 0.1) is 0 Å². The van der Waals surface area contributed by atoms with E-state index in [1.165, 1.54) is 0 Å². The molecule has 0 aromatic carbocycles. The molecule has 0 spiro atoms. The van der Waals surface area contributed by atoms with Crippen LogP contribution in [0, 0.1) is 0 Å². The Morgan fingerprint density at radius 3 is 2.81 bits per heavy atom. The molecule has 0 atom stereocenters. The SMILES string of the molecule is O=S(=O)(NCCN1CCNCC1)c1cn2c(n1)CCCC2. The lowest BCUT2D eigenvalue weighted by molar-refractivity contribution is 0.245. The molecule has 0 radical (unpaired) electrons. The Balaban J connectivity index is 1.57. The fourth-order valence-corrected chi connectivity index (χ4v) is 3.86. The summed E-state index contributed by atoms with van der Waals surface area (Å²) in [7, 11) is -3.48. The monoisotopic (exact) mass is 313 g/mol. The third kappa shape index (κ3) is 3.63. The number of nitrogens with one attached hydrogen (secondary N) is 2. The van der Waals surface area contributed by atoms with Crippen LogP contribution in [0.5, 0.6) is 0 Å². The standard InChI is InChI=1S/C13H23N5O2S/c19-21(20,15-6-10-17-8-4-14-5-9-17)13-11-18-7-2-1-3-12(18)16-13/h11,14-15H,1-10H2. The maximum Gasteiger partial charge on any atom is 0.259 e. The normalized spacial score (nSPS) is 20.4. The average Bonchev–Trinajstić information content (AvgIpc) is 2.93. The number of imidazole rings is 1. The van der Waals surface area contributed by atoms with Gasteiger partial charge < -0.3 is 9.88 Å². The molecule has 0 saturated carbocycles. The van der Waals surface area contributed by atoms with Gasteiger partial charge in [0.25, 0.3) is 10.0 Å². The van der Waals surface area contributed by atoms with Gasteiger partial charge in [-0.3, -0.25) is 4.90 Å². The smallest absolute Gasteiger partial charge is 0.259 e. The van der Waals surface area contributed by atoms with E-state index in [0.717, 1.165) is 64.4 Å². The molecule has 3 heterocycles. The van der Waals surface area contributed by atoms with E-state index in [4.69, 9.17) is 0 Å². The van der Waals surface area contributed by atoms with Crippen LogP contribution in [0.15, 0.2) is 11.2 Å². The first-order valence-corrected chi connectivity index (χ1v) is 9.12. The van der Waals surface area contributed by atoms with Gasteiger partial charge in [-0.2, -0.15) is 0 Å². The minimum atomic E-state index is -3.48. The molecule has 1 aromatic heterocycles. The van der Waals surface area contributed by atoms with Gasteiger partial charge in [0.2, 0.25) is 0 Å². The van der Waals surface area contributed by atoms with Gasteiger partial charge in [-0.15, -0.1) is 0 Å². The van der Waals surface area contributed by atoms with E-state index in [1.807, 2.05) is 4.57 Å². The first kappa shape index (κ1) is 15.0. The third-order valence-electron chi connectivity index (χ3n) is 4.09. The zero-order valence-corrected chi connectivity index (χ0v) is 13.0. The van der Waals surface area contributed by atoms with Crippen LogP contribution >= 0.6 is 0 Å². The van der Waals surface area contributed by atoms with Gasteiger partial charge in [0, 0.05) is 58.4 Å². The number of hydrogen-bond donors (Lipinski definition) is 2. The van der Waals surface area contributed by atoms with Crippen molar-refractivity contribution in [2.75, 3.05) is 39.3 Å². The van der Waals surface area contributed by atoms with Crippen LogP contribution in [0.3, 0.4) is 0 Å². The van der Waals surface area contributed by atoms with Gasteiger partial charge in [-0.25, -0.2) is 18.1 Å². The Hall–Kier alpha value is -0.960. The molecule has 2 aliphatic rings. The van der Waals surface area contributed by atoms with Crippen molar-refractivity contribution in [1.29, 1.82) is 0 Å². The maximum atomic E-state index is 12.3. The fourth-order valence-electron chi connectivity index (χ4n) is 2.86. The molecular formula is C13H23N5O2S. The highest BCUT2D eigenvalue weighted by Crippen LogP contribution is 2.17. The second-order valence-electron chi connectivity index (χ2n) is 5.64. The van der Waals surface area contributed by atoms with Gasteiger partial charge in [0.1, 0.15) is 5.82 Å². The average molecular weight is 313 g/mol. The van der Waals surface area contributed by atoms with Crippen LogP contribution in [0.4, 0.5) is 0 Å². The summed E-state index contributed by atoms with van der Waals surface area (Å²) >= 11 is 0. The quantitative estimate of drug-likeness (QED) is 0.759. The summed E-state index contributed by atoms with van der Waals surface area (Å²) in [5, 5.41) is 3.45. The molecule has 1 aromatic rings. The van der Waals surface area contributed by atoms with Gasteiger partial charge in [-0.05, 0) is 12.8 Å². The summed E-state index contributed by atoms with van der Waals surface area (Å²) < 4.78 is 29.2. The number of fused-ring (bicyclic) bond motifs is 1. The predicted octanol–water partition coefficient (Wildman–Crippen LogP) is -0.597. The molecule has 2 aliphatic heterocycles. The zero-order chi connectivity index (χ0) is 14.7. The summed E-state index contributed by atoms with van der Waals surface area (Å²) in [6, 6.07) is 0. The molecule has 3 rings (SSSR count). The highest BCUT2D eigenvalue weighted by Gasteiger charge is 2.21. The summed E-state index contributed by atoms with van der Waals surface area (Å²) in [4.78, 5) is 6.54. The lowest BCUT2D eigenvalue weighted by Crippen LogP contribution is -2.46. The summed E-state index contributed by atoms with van der Waals surface area (Å²) in [5.74, 6) is 0.892. The van der Waals surface area contributed by atoms with Crippen molar-refractivity contribution in [3.63, 3.8) is 0 Å². The lowest BCUT2D eigenvalue weighted by atomic mass is 10.2. The van der Waals surface area contributed by atoms with Gasteiger partial charge in [0.15, 0.2) is 5.03 Å². The molecule has 0 aliphatic carbocycles. The predicted molar refractivity (Wildman–Crippen MR) is 79.7 cm³/mol. The van der Waals surface area contributed by atoms with E-state index in [9.17, 15) is 8.42 Å². The molecule has 7 nitrogen and oxygen atoms in total. The van der Waals surface area contributed by atoms with Crippen molar-refractivity contribution in [2.45, 2.75) is 30.8 Å². The van der Waals surface area contributed by atoms with Crippen molar-refractivity contribution in [2.24, 2.45) is 0 Å². The van der Waals surface area contributed by atoms with Crippen LogP contribution in [0.2, 0.25) is 0 Å². The number of rotatable bonds is 5. The molecule has 1 fully saturated rings. The van der Waals surface area contributed by atoms with Crippen LogP contribution in [0.25, 0.3) is 0 Å². The molecule has 1 saturated heterocycles. The number of nitrogens with zero attached hydrogens (tertiary/aromatic N) is 3. The second kappa shape index (κ2) is 6.43. The summed E-state index contributed by atoms with van der Waals surface area (Å²) in [6.07, 6.45) is 4.73. The molecule has 0 amide bonds. The van der Waals surface area contributed by atoms with Crippen LogP contribution < -0.4 is 10.0 Å². The van der Waals surface area contributed by atoms with E-state index >= 15 is 0 Å². The molecular weight excluding hydrogens is 290 g/mol. The molecule has 0 unspecified atom stereocenters. The topological polar surface area (TPSA) is 79.3 Å². The van der Waals surface area contributed by atoms with Gasteiger partial charge >= 0.3 is 0 Å². The third-order valence-corrected chi connectivity index (χ3v) is 5.42. The van der Waals surface area contributed by atoms with Gasteiger partial charge in [-0.1, -0.05) is 0 Å². The molecule has 2 N–H and O–H groups in total. The van der Waals surface area contributed by atoms with Crippen molar-refractivity contribution in [3.8, 4) is 0 Å². The highest BCUT2D eigenvalue weighted by molar-refractivity contribution is 7.89. The Bertz CT molecular complexity index is 554. The molecule has 21 heavy (non-hydrogen) atoms. The van der Waals surface area contributed by atoms with E-state index < -0.39 is 10.0 Å². The molecule has 8 heteroatoms. The Morgan fingerprint density at radius 1 is 1.24 bits per heavy atom. The van der Waals surface area contributed by atoms with E-state index in [2.05, 4.69) is 19.9 Å². The highest BCUT2D eigenvalue weighted by atomic mass is 32.2. The van der Waals surface area contributed by atoms with E-state index in [1.54, 1.807) is 6.20 Å². The second-order valence-corrected chi connectivity index (χ2v) is 7.35. The first-order chi connectivity index (χ1) is 10.1. The van der Waals surface area contributed by atoms with Crippen LogP contribution in [0.1, 0.15) is 18.7 Å². The largest absolute Gasteiger partial charge is 0.333 e. The Labute approximate surface area is 125 Å². The minimum absolute atomic E-state index is 0.166. The Kier molecular flexibility index (Phi) is 4.58. The maximum absolute atomic E-state index is 12.3. The summed E-state index contributed by atoms with van der Waals surface area (Å²) in [5.41, 5.74) is 0. The van der Waals surface area contributed by atoms with Crippen molar-refractivity contribution in [3.05, 3.63) is 12.0 Å². The van der Waals surface area contributed by atoms with Crippen molar-refractivity contribution < 1.29 is 8.42 Å². The zero-order valence-electron chi connectivity index (χ0n) is 12.2. The van der Waals surface area contributed by atoms with Crippen LogP contribution in [-0.4, -0.2) is 62.1 Å². The number of aryl methyl sites for hydroxylation is 2. The minimum Gasteiger partial charge on any atom is -0.333 e. The number of piperazine rings is 1. The lowest BCUT2D eigenvalue weighted by Gasteiger charge is -2.26. The summed E-state index contributed by atoms with van der Waals surface area (Å²) in [6.45, 7) is 5.94. The van der Waals surface area contributed by atoms with Crippen LogP contribution in [-0.2, 0) is 23.0 Å². The van der Waals surface area contributed by atoms with E-state index in [0.29, 0.717) is 6.54 Å². The number of aromatic nitrogens is 2. The number of sulfonamides is 1. The number of hydrogen-bond acceptors (Lipinski definition) is 5. The van der Waals surface area contributed by atoms with E-state index in [-0.39, 0.29) is 5.03 Å². The van der Waals surface area contributed by atoms with Crippen molar-refractivity contribution in [1.82, 2.24) is 24.5 Å². The van der Waals surface area contributed by atoms with Crippen molar-refractivity contribution >= 4 is 10.0 Å². The fraction of sp³-hybridized carbons (Fsp3) is 0.769. The molecule has 0 bridgehead atoms.